The third kappa shape index (κ3) is 4.44. The lowest BCUT2D eigenvalue weighted by molar-refractivity contribution is -0.130. The molecule has 0 radical (unpaired) electrons. The van der Waals surface area contributed by atoms with Crippen LogP contribution in [0.4, 0.5) is 4.39 Å². The second-order valence-corrected chi connectivity index (χ2v) is 7.96. The fraction of sp³-hybridized carbons (Fsp3) is 0.667. The van der Waals surface area contributed by atoms with Crippen molar-refractivity contribution in [1.29, 1.82) is 0 Å². The molecule has 4 nitrogen and oxygen atoms in total. The molecule has 5 atom stereocenters. The largest absolute Gasteiger partial charge is 0.371 e. The summed E-state index contributed by atoms with van der Waals surface area (Å²) in [6.07, 6.45) is 3.40. The predicted octanol–water partition coefficient (Wildman–Crippen LogP) is 3.53. The molecule has 2 fully saturated rings. The van der Waals surface area contributed by atoms with E-state index < -0.39 is 0 Å². The highest BCUT2D eigenvalue weighted by Gasteiger charge is 2.32. The second-order valence-electron chi connectivity index (χ2n) is 7.96. The zero-order chi connectivity index (χ0) is 18.7. The Hall–Kier alpha value is -1.46. The Morgan fingerprint density at radius 3 is 2.73 bits per heavy atom. The van der Waals surface area contributed by atoms with Gasteiger partial charge in [0.25, 0.3) is 0 Å². The van der Waals surface area contributed by atoms with Crippen LogP contribution in [0.25, 0.3) is 0 Å². The third-order valence-electron chi connectivity index (χ3n) is 6.30. The number of amides is 1. The Morgan fingerprint density at radius 2 is 2.00 bits per heavy atom. The average Bonchev–Trinajstić information content (AvgIpc) is 2.65. The van der Waals surface area contributed by atoms with Gasteiger partial charge in [-0.1, -0.05) is 38.8 Å². The molecule has 1 saturated carbocycles. The predicted molar refractivity (Wildman–Crippen MR) is 100 cm³/mol. The molecule has 1 heterocycles. The van der Waals surface area contributed by atoms with E-state index in [0.717, 1.165) is 18.5 Å². The summed E-state index contributed by atoms with van der Waals surface area (Å²) in [7, 11) is 0. The summed E-state index contributed by atoms with van der Waals surface area (Å²) in [5.41, 5.74) is 0.957. The third-order valence-corrected chi connectivity index (χ3v) is 6.30. The van der Waals surface area contributed by atoms with Crippen molar-refractivity contribution in [3.63, 3.8) is 0 Å². The first-order chi connectivity index (χ1) is 12.5. The zero-order valence-electron chi connectivity index (χ0n) is 16.1. The van der Waals surface area contributed by atoms with E-state index in [9.17, 15) is 9.18 Å². The number of carbonyl (C=O) groups is 1. The van der Waals surface area contributed by atoms with Crippen LogP contribution in [0.15, 0.2) is 24.3 Å². The van der Waals surface area contributed by atoms with Crippen molar-refractivity contribution >= 4 is 5.91 Å². The molecule has 2 aliphatic rings. The maximum absolute atomic E-state index is 13.1. The Kier molecular flexibility index (Phi) is 6.30. The molecule has 0 spiro atoms. The number of benzene rings is 1. The van der Waals surface area contributed by atoms with Crippen molar-refractivity contribution in [3.05, 3.63) is 35.6 Å². The molecule has 1 aliphatic carbocycles. The minimum atomic E-state index is -0.245. The van der Waals surface area contributed by atoms with Crippen LogP contribution >= 0.6 is 0 Å². The Balaban J connectivity index is 1.58. The number of hydrogen-bond acceptors (Lipinski definition) is 3. The van der Waals surface area contributed by atoms with Crippen LogP contribution in [0.1, 0.15) is 51.7 Å². The van der Waals surface area contributed by atoms with Crippen molar-refractivity contribution in [2.75, 3.05) is 19.7 Å². The van der Waals surface area contributed by atoms with Crippen molar-refractivity contribution in [1.82, 2.24) is 10.2 Å². The van der Waals surface area contributed by atoms with Gasteiger partial charge in [0, 0.05) is 19.1 Å². The molecule has 1 N–H and O–H groups in total. The van der Waals surface area contributed by atoms with Gasteiger partial charge in [-0.15, -0.1) is 0 Å². The van der Waals surface area contributed by atoms with Crippen LogP contribution in [-0.4, -0.2) is 42.6 Å². The first-order valence-electron chi connectivity index (χ1n) is 9.87. The normalized spacial score (nSPS) is 31.4. The number of morpholine rings is 1. The van der Waals surface area contributed by atoms with E-state index >= 15 is 0 Å². The van der Waals surface area contributed by atoms with E-state index in [1.807, 2.05) is 6.92 Å². The molecule has 1 amide bonds. The van der Waals surface area contributed by atoms with Crippen LogP contribution in [0, 0.1) is 17.7 Å². The van der Waals surface area contributed by atoms with Gasteiger partial charge in [0.05, 0.1) is 18.8 Å². The van der Waals surface area contributed by atoms with E-state index in [1.165, 1.54) is 25.0 Å². The van der Waals surface area contributed by atoms with E-state index in [0.29, 0.717) is 25.0 Å². The van der Waals surface area contributed by atoms with Gasteiger partial charge in [0.2, 0.25) is 5.91 Å². The fourth-order valence-electron chi connectivity index (χ4n) is 4.15. The second kappa shape index (κ2) is 8.49. The topological polar surface area (TPSA) is 41.6 Å². The summed E-state index contributed by atoms with van der Waals surface area (Å²) in [4.78, 5) is 15.0. The Labute approximate surface area is 156 Å². The lowest BCUT2D eigenvalue weighted by Crippen LogP contribution is -2.54. The van der Waals surface area contributed by atoms with E-state index in [-0.39, 0.29) is 29.9 Å². The molecular formula is C21H31FN2O2. The molecule has 144 valence electrons. The Morgan fingerprint density at radius 1 is 1.27 bits per heavy atom. The summed E-state index contributed by atoms with van der Waals surface area (Å²) in [5, 5.41) is 3.29. The van der Waals surface area contributed by atoms with Gasteiger partial charge in [-0.05, 0) is 42.9 Å². The number of carbonyl (C=O) groups excluding carboxylic acids is 1. The van der Waals surface area contributed by atoms with Crippen LogP contribution in [-0.2, 0) is 9.53 Å². The maximum atomic E-state index is 13.1. The maximum Gasteiger partial charge on any atom is 0.237 e. The summed E-state index contributed by atoms with van der Waals surface area (Å²) >= 11 is 0. The number of hydrogen-bond donors (Lipinski definition) is 1. The molecule has 1 aliphatic heterocycles. The number of nitrogens with one attached hydrogen (secondary N) is 1. The SMILES string of the molecule is C[C@H]1[C@H](C)CCC[C@H]1NC(=O)[C@H](C)N1CCO[C@@H](c2ccc(F)cc2)C1. The molecule has 0 aromatic heterocycles. The molecule has 1 saturated heterocycles. The molecule has 5 heteroatoms. The molecule has 26 heavy (non-hydrogen) atoms. The quantitative estimate of drug-likeness (QED) is 0.891. The number of ether oxygens (including phenoxy) is 1. The fourth-order valence-corrected chi connectivity index (χ4v) is 4.15. The first kappa shape index (κ1) is 19.3. The highest BCUT2D eigenvalue weighted by molar-refractivity contribution is 5.81. The number of nitrogens with zero attached hydrogens (tertiary/aromatic N) is 1. The molecule has 0 unspecified atom stereocenters. The highest BCUT2D eigenvalue weighted by Crippen LogP contribution is 2.30. The van der Waals surface area contributed by atoms with Gasteiger partial charge in [0.15, 0.2) is 0 Å². The van der Waals surface area contributed by atoms with Crippen LogP contribution in [0.2, 0.25) is 0 Å². The van der Waals surface area contributed by atoms with Crippen LogP contribution in [0.5, 0.6) is 0 Å². The summed E-state index contributed by atoms with van der Waals surface area (Å²) < 4.78 is 19.0. The molecular weight excluding hydrogens is 331 g/mol. The molecule has 1 aromatic carbocycles. The Bertz CT molecular complexity index is 607. The minimum Gasteiger partial charge on any atom is -0.371 e. The zero-order valence-corrected chi connectivity index (χ0v) is 16.1. The van der Waals surface area contributed by atoms with E-state index in [2.05, 4.69) is 24.1 Å². The van der Waals surface area contributed by atoms with Gasteiger partial charge in [-0.25, -0.2) is 4.39 Å². The van der Waals surface area contributed by atoms with Crippen LogP contribution < -0.4 is 5.32 Å². The van der Waals surface area contributed by atoms with Gasteiger partial charge >= 0.3 is 0 Å². The summed E-state index contributed by atoms with van der Waals surface area (Å²) in [5.74, 6) is 1.05. The van der Waals surface area contributed by atoms with E-state index in [1.54, 1.807) is 12.1 Å². The van der Waals surface area contributed by atoms with Crippen molar-refractivity contribution in [2.45, 2.75) is 58.2 Å². The smallest absolute Gasteiger partial charge is 0.237 e. The lowest BCUT2D eigenvalue weighted by atomic mass is 9.78. The average molecular weight is 362 g/mol. The molecule has 3 rings (SSSR count). The van der Waals surface area contributed by atoms with Crippen molar-refractivity contribution in [2.24, 2.45) is 11.8 Å². The van der Waals surface area contributed by atoms with Gasteiger partial charge in [0.1, 0.15) is 5.82 Å². The first-order valence-corrected chi connectivity index (χ1v) is 9.87. The van der Waals surface area contributed by atoms with Gasteiger partial charge < -0.3 is 10.1 Å². The monoisotopic (exact) mass is 362 g/mol. The van der Waals surface area contributed by atoms with Crippen molar-refractivity contribution in [3.8, 4) is 0 Å². The van der Waals surface area contributed by atoms with Crippen molar-refractivity contribution < 1.29 is 13.9 Å². The summed E-state index contributed by atoms with van der Waals surface area (Å²) in [6, 6.07) is 6.53. The van der Waals surface area contributed by atoms with Gasteiger partial charge in [-0.2, -0.15) is 0 Å². The number of rotatable bonds is 4. The number of halogens is 1. The van der Waals surface area contributed by atoms with E-state index in [4.69, 9.17) is 4.74 Å². The van der Waals surface area contributed by atoms with Gasteiger partial charge in [-0.3, -0.25) is 9.69 Å². The molecule has 1 aromatic rings. The summed E-state index contributed by atoms with van der Waals surface area (Å²) in [6.45, 7) is 8.47. The highest BCUT2D eigenvalue weighted by atomic mass is 19.1. The minimum absolute atomic E-state index is 0.107. The standard InChI is InChI=1S/C21H31FN2O2/c1-14-5-4-6-19(15(14)2)23-21(25)16(3)24-11-12-26-20(13-24)17-7-9-18(22)10-8-17/h7-10,14-16,19-20H,4-6,11-13H2,1-3H3,(H,23,25)/t14-,15+,16+,19-,20-/m1/s1. The lowest BCUT2D eigenvalue weighted by Gasteiger charge is -2.39. The molecule has 0 bridgehead atoms. The van der Waals surface area contributed by atoms with Crippen LogP contribution in [0.3, 0.4) is 0 Å².